The minimum atomic E-state index is 0.0157. The number of hydrogen-bond donors (Lipinski definition) is 1. The number of amides is 1. The van der Waals surface area contributed by atoms with Gasteiger partial charge in [0.15, 0.2) is 0 Å². The van der Waals surface area contributed by atoms with Gasteiger partial charge in [-0.2, -0.15) is 10.2 Å². The van der Waals surface area contributed by atoms with E-state index in [9.17, 15) is 4.79 Å². The molecule has 0 aliphatic carbocycles. The summed E-state index contributed by atoms with van der Waals surface area (Å²) in [5.74, 6) is 0.0157. The number of halogens is 1. The molecule has 0 aromatic carbocycles. The molecule has 0 aliphatic rings. The van der Waals surface area contributed by atoms with Gasteiger partial charge in [-0.3, -0.25) is 14.2 Å². The Balaban J connectivity index is 1.85. The molecular weight excluding hydrogens is 334 g/mol. The fraction of sp³-hybridized carbons (Fsp3) is 0.500. The molecule has 2 rings (SSSR count). The monoisotopic (exact) mass is 353 g/mol. The number of rotatable bonds is 5. The van der Waals surface area contributed by atoms with Gasteiger partial charge in [-0.05, 0) is 36.7 Å². The lowest BCUT2D eigenvalue weighted by Gasteiger charge is -2.06. The third-order valence-corrected chi connectivity index (χ3v) is 4.35. The summed E-state index contributed by atoms with van der Waals surface area (Å²) in [6, 6.07) is 0. The van der Waals surface area contributed by atoms with Crippen molar-refractivity contribution < 1.29 is 4.79 Å². The third-order valence-electron chi connectivity index (χ3n) is 3.58. The Morgan fingerprint density at radius 2 is 2.00 bits per heavy atom. The summed E-state index contributed by atoms with van der Waals surface area (Å²) >= 11 is 3.41. The van der Waals surface area contributed by atoms with Crippen LogP contribution in [0.5, 0.6) is 0 Å². The van der Waals surface area contributed by atoms with Crippen molar-refractivity contribution in [2.75, 3.05) is 0 Å². The van der Waals surface area contributed by atoms with Crippen molar-refractivity contribution in [3.05, 3.63) is 33.3 Å². The zero-order valence-electron chi connectivity index (χ0n) is 12.8. The third kappa shape index (κ3) is 3.72. The van der Waals surface area contributed by atoms with E-state index < -0.39 is 0 Å². The molecule has 0 saturated carbocycles. The molecule has 0 spiro atoms. The number of carbonyl (C=O) groups is 1. The molecule has 7 heteroatoms. The number of nitrogens with one attached hydrogen (secondary N) is 1. The molecule has 1 N–H and O–H groups in total. The minimum absolute atomic E-state index is 0.0157. The zero-order valence-corrected chi connectivity index (χ0v) is 14.4. The molecule has 2 aromatic rings. The first-order valence-electron chi connectivity index (χ1n) is 6.83. The average Bonchev–Trinajstić information content (AvgIpc) is 2.86. The molecule has 6 nitrogen and oxygen atoms in total. The SMILES string of the molecule is Cc1nn(CCC(=O)NCc2c(C)nn(C)c2C)cc1Br. The second-order valence-electron chi connectivity index (χ2n) is 5.13. The van der Waals surface area contributed by atoms with Crippen molar-refractivity contribution in [2.45, 2.75) is 40.3 Å². The van der Waals surface area contributed by atoms with E-state index in [1.165, 1.54) is 0 Å². The minimum Gasteiger partial charge on any atom is -0.352 e. The van der Waals surface area contributed by atoms with Gasteiger partial charge in [0.2, 0.25) is 5.91 Å². The maximum atomic E-state index is 11.9. The number of hydrogen-bond acceptors (Lipinski definition) is 3. The van der Waals surface area contributed by atoms with Crippen LogP contribution in [0.25, 0.3) is 0 Å². The molecule has 1 amide bonds. The summed E-state index contributed by atoms with van der Waals surface area (Å²) in [6.45, 7) is 6.98. The van der Waals surface area contributed by atoms with E-state index in [1.807, 2.05) is 38.7 Å². The molecule has 0 fully saturated rings. The number of nitrogens with zero attached hydrogens (tertiary/aromatic N) is 4. The molecule has 0 bridgehead atoms. The van der Waals surface area contributed by atoms with Crippen LogP contribution in [-0.2, 0) is 24.9 Å². The fourth-order valence-electron chi connectivity index (χ4n) is 2.17. The van der Waals surface area contributed by atoms with Gasteiger partial charge in [0.1, 0.15) is 0 Å². The number of carbonyl (C=O) groups excluding carboxylic acids is 1. The van der Waals surface area contributed by atoms with Crippen LogP contribution in [0.1, 0.15) is 29.1 Å². The Morgan fingerprint density at radius 3 is 2.52 bits per heavy atom. The highest BCUT2D eigenvalue weighted by atomic mass is 79.9. The summed E-state index contributed by atoms with van der Waals surface area (Å²) in [5.41, 5.74) is 4.06. The number of aromatic nitrogens is 4. The highest BCUT2D eigenvalue weighted by Gasteiger charge is 2.11. The number of aryl methyl sites for hydroxylation is 4. The molecule has 114 valence electrons. The first-order valence-corrected chi connectivity index (χ1v) is 7.63. The van der Waals surface area contributed by atoms with Gasteiger partial charge in [-0.25, -0.2) is 0 Å². The second kappa shape index (κ2) is 6.43. The molecule has 0 atom stereocenters. The molecule has 0 radical (unpaired) electrons. The Hall–Kier alpha value is -1.63. The van der Waals surface area contributed by atoms with E-state index in [4.69, 9.17) is 0 Å². The predicted octanol–water partition coefficient (Wildman–Crippen LogP) is 2.01. The van der Waals surface area contributed by atoms with E-state index in [0.29, 0.717) is 19.5 Å². The van der Waals surface area contributed by atoms with Gasteiger partial charge in [0.05, 0.1) is 15.9 Å². The van der Waals surface area contributed by atoms with Crippen molar-refractivity contribution in [1.82, 2.24) is 24.9 Å². The molecule has 0 unspecified atom stereocenters. The normalized spacial score (nSPS) is 10.9. The van der Waals surface area contributed by atoms with Gasteiger partial charge in [0.25, 0.3) is 0 Å². The van der Waals surface area contributed by atoms with Crippen LogP contribution in [0, 0.1) is 20.8 Å². The van der Waals surface area contributed by atoms with E-state index >= 15 is 0 Å². The van der Waals surface area contributed by atoms with Crippen LogP contribution in [0.2, 0.25) is 0 Å². The molecule has 2 aromatic heterocycles. The quantitative estimate of drug-likeness (QED) is 0.893. The van der Waals surface area contributed by atoms with E-state index in [-0.39, 0.29) is 5.91 Å². The largest absolute Gasteiger partial charge is 0.352 e. The van der Waals surface area contributed by atoms with Crippen LogP contribution in [0.3, 0.4) is 0 Å². The van der Waals surface area contributed by atoms with Gasteiger partial charge < -0.3 is 5.32 Å². The molecule has 2 heterocycles. The average molecular weight is 354 g/mol. The Kier molecular flexibility index (Phi) is 4.82. The first-order chi connectivity index (χ1) is 9.88. The smallest absolute Gasteiger partial charge is 0.222 e. The lowest BCUT2D eigenvalue weighted by atomic mass is 10.2. The highest BCUT2D eigenvalue weighted by molar-refractivity contribution is 9.10. The summed E-state index contributed by atoms with van der Waals surface area (Å²) in [6.07, 6.45) is 2.30. The molecule has 21 heavy (non-hydrogen) atoms. The maximum absolute atomic E-state index is 11.9. The Bertz CT molecular complexity index is 639. The van der Waals surface area contributed by atoms with Crippen molar-refractivity contribution in [2.24, 2.45) is 7.05 Å². The Morgan fingerprint density at radius 1 is 1.29 bits per heavy atom. The van der Waals surface area contributed by atoms with Crippen molar-refractivity contribution in [3.63, 3.8) is 0 Å². The van der Waals surface area contributed by atoms with Gasteiger partial charge in [-0.1, -0.05) is 0 Å². The summed E-state index contributed by atoms with van der Waals surface area (Å²) in [7, 11) is 1.91. The lowest BCUT2D eigenvalue weighted by Crippen LogP contribution is -2.24. The van der Waals surface area contributed by atoms with Crippen LogP contribution >= 0.6 is 15.9 Å². The lowest BCUT2D eigenvalue weighted by molar-refractivity contribution is -0.121. The predicted molar refractivity (Wildman–Crippen MR) is 83.8 cm³/mol. The van der Waals surface area contributed by atoms with Crippen LogP contribution in [-0.4, -0.2) is 25.5 Å². The topological polar surface area (TPSA) is 64.7 Å². The second-order valence-corrected chi connectivity index (χ2v) is 5.98. The highest BCUT2D eigenvalue weighted by Crippen LogP contribution is 2.13. The van der Waals surface area contributed by atoms with E-state index in [1.54, 1.807) is 4.68 Å². The Labute approximate surface area is 132 Å². The van der Waals surface area contributed by atoms with Crippen LogP contribution in [0.15, 0.2) is 10.7 Å². The molecular formula is C14H20BrN5O. The van der Waals surface area contributed by atoms with Crippen molar-refractivity contribution >= 4 is 21.8 Å². The van der Waals surface area contributed by atoms with Crippen LogP contribution in [0.4, 0.5) is 0 Å². The molecule has 0 saturated heterocycles. The van der Waals surface area contributed by atoms with Gasteiger partial charge in [0, 0.05) is 44.0 Å². The van der Waals surface area contributed by atoms with E-state index in [0.717, 1.165) is 27.1 Å². The van der Waals surface area contributed by atoms with E-state index in [2.05, 4.69) is 31.4 Å². The first kappa shape index (κ1) is 15.8. The summed E-state index contributed by atoms with van der Waals surface area (Å²) in [4.78, 5) is 11.9. The van der Waals surface area contributed by atoms with Gasteiger partial charge in [-0.15, -0.1) is 0 Å². The molecule has 0 aliphatic heterocycles. The zero-order chi connectivity index (χ0) is 15.6. The summed E-state index contributed by atoms with van der Waals surface area (Å²) in [5, 5.41) is 11.6. The maximum Gasteiger partial charge on any atom is 0.222 e. The fourth-order valence-corrected chi connectivity index (χ4v) is 2.49. The van der Waals surface area contributed by atoms with Gasteiger partial charge >= 0.3 is 0 Å². The van der Waals surface area contributed by atoms with Crippen molar-refractivity contribution in [1.29, 1.82) is 0 Å². The standard InChI is InChI=1S/C14H20BrN5O/c1-9-12(11(3)19(4)17-9)7-16-14(21)5-6-20-8-13(15)10(2)18-20/h8H,5-7H2,1-4H3,(H,16,21). The van der Waals surface area contributed by atoms with Crippen molar-refractivity contribution in [3.8, 4) is 0 Å². The summed E-state index contributed by atoms with van der Waals surface area (Å²) < 4.78 is 4.57. The van der Waals surface area contributed by atoms with Crippen LogP contribution < -0.4 is 5.32 Å².